The monoisotopic (exact) mass is 698 g/mol. The van der Waals surface area contributed by atoms with Gasteiger partial charge in [-0.25, -0.2) is 23.7 Å². The summed E-state index contributed by atoms with van der Waals surface area (Å²) in [7, 11) is 2.07. The molecule has 1 aliphatic heterocycles. The van der Waals surface area contributed by atoms with Crippen molar-refractivity contribution in [2.75, 3.05) is 32.0 Å². The Hall–Kier alpha value is -5.53. The number of nitrogens with zero attached hydrogens (tertiary/aromatic N) is 5. The van der Waals surface area contributed by atoms with Crippen LogP contribution >= 0.6 is 11.6 Å². The molecule has 0 bridgehead atoms. The third-order valence-corrected chi connectivity index (χ3v) is 8.61. The predicted octanol–water partition coefficient (Wildman–Crippen LogP) is 5.18. The number of piperidine rings is 1. The fourth-order valence-corrected chi connectivity index (χ4v) is 5.80. The summed E-state index contributed by atoms with van der Waals surface area (Å²) in [4.78, 5) is 53.5. The maximum Gasteiger partial charge on any atom is 0.266 e. The number of rotatable bonds is 10. The predicted molar refractivity (Wildman–Crippen MR) is 188 cm³/mol. The summed E-state index contributed by atoms with van der Waals surface area (Å²) in [6.45, 7) is 1.95. The highest BCUT2D eigenvalue weighted by atomic mass is 35.5. The highest BCUT2D eigenvalue weighted by molar-refractivity contribution is 6.34. The molecule has 256 valence electrons. The normalized spacial score (nSPS) is 13.8. The second-order valence-corrected chi connectivity index (χ2v) is 12.4. The first kappa shape index (κ1) is 34.3. The average Bonchev–Trinajstić information content (AvgIpc) is 3.10. The molecule has 50 heavy (non-hydrogen) atoms. The van der Waals surface area contributed by atoms with Crippen molar-refractivity contribution in [3.05, 3.63) is 129 Å². The fraction of sp³-hybridized carbons (Fsp3) is 0.222. The van der Waals surface area contributed by atoms with Crippen molar-refractivity contribution < 1.29 is 18.4 Å². The summed E-state index contributed by atoms with van der Waals surface area (Å²) in [6.07, 6.45) is 9.42. The molecule has 0 unspecified atom stereocenters. The second kappa shape index (κ2) is 15.3. The molecule has 5 aromatic rings. The molecule has 0 spiro atoms. The molecular formula is C36H33ClF2N8O3. The SMILES string of the molecule is CN1CCC(NC(=O)c2ccc(Nc3ncc4cc(/C=C/CNC(=O)c5cncn(Cc6ccc(F)c(F)c6)c5=O)ccc4n3)cc2Cl)CC1. The van der Waals surface area contributed by atoms with Crippen LogP contribution in [0.25, 0.3) is 17.0 Å². The van der Waals surface area contributed by atoms with Crippen molar-refractivity contribution in [3.63, 3.8) is 0 Å². The first-order valence-corrected chi connectivity index (χ1v) is 16.3. The molecule has 14 heteroatoms. The lowest BCUT2D eigenvalue weighted by molar-refractivity contribution is 0.0915. The van der Waals surface area contributed by atoms with E-state index in [1.165, 1.54) is 12.4 Å². The number of aromatic nitrogens is 4. The molecule has 1 saturated heterocycles. The van der Waals surface area contributed by atoms with E-state index >= 15 is 0 Å². The number of benzene rings is 3. The Morgan fingerprint density at radius 2 is 1.80 bits per heavy atom. The Labute approximate surface area is 291 Å². The molecule has 0 aliphatic carbocycles. The number of nitrogens with one attached hydrogen (secondary N) is 3. The topological polar surface area (TPSA) is 134 Å². The molecular weight excluding hydrogens is 666 g/mol. The van der Waals surface area contributed by atoms with Crippen LogP contribution in [0.15, 0.2) is 84.2 Å². The van der Waals surface area contributed by atoms with Gasteiger partial charge in [0.1, 0.15) is 5.56 Å². The maximum absolute atomic E-state index is 13.6. The van der Waals surface area contributed by atoms with E-state index in [0.717, 1.165) is 59.8 Å². The molecule has 6 rings (SSSR count). The fourth-order valence-electron chi connectivity index (χ4n) is 5.53. The molecule has 1 fully saturated rings. The molecule has 2 aromatic heterocycles. The van der Waals surface area contributed by atoms with Gasteiger partial charge in [0.05, 0.1) is 29.0 Å². The van der Waals surface area contributed by atoms with E-state index in [4.69, 9.17) is 11.6 Å². The molecule has 3 heterocycles. The first-order chi connectivity index (χ1) is 24.1. The van der Waals surface area contributed by atoms with E-state index in [0.29, 0.717) is 33.3 Å². The summed E-state index contributed by atoms with van der Waals surface area (Å²) in [5.74, 6) is -2.47. The number of fused-ring (bicyclic) bond motifs is 1. The van der Waals surface area contributed by atoms with Crippen LogP contribution in [0.2, 0.25) is 5.02 Å². The molecule has 3 aromatic carbocycles. The Morgan fingerprint density at radius 1 is 0.980 bits per heavy atom. The highest BCUT2D eigenvalue weighted by Gasteiger charge is 2.20. The van der Waals surface area contributed by atoms with Crippen molar-refractivity contribution in [2.45, 2.75) is 25.4 Å². The Kier molecular flexibility index (Phi) is 10.5. The van der Waals surface area contributed by atoms with Crippen LogP contribution in [0, 0.1) is 11.6 Å². The zero-order chi connectivity index (χ0) is 35.2. The van der Waals surface area contributed by atoms with Crippen molar-refractivity contribution >= 4 is 52.0 Å². The largest absolute Gasteiger partial charge is 0.349 e. The molecule has 2 amide bonds. The Balaban J connectivity index is 1.03. The van der Waals surface area contributed by atoms with Crippen LogP contribution in [-0.2, 0) is 6.54 Å². The first-order valence-electron chi connectivity index (χ1n) is 15.9. The van der Waals surface area contributed by atoms with Crippen LogP contribution in [0.3, 0.4) is 0 Å². The van der Waals surface area contributed by atoms with Gasteiger partial charge in [-0.15, -0.1) is 0 Å². The minimum Gasteiger partial charge on any atom is -0.349 e. The van der Waals surface area contributed by atoms with E-state index in [9.17, 15) is 23.2 Å². The third-order valence-electron chi connectivity index (χ3n) is 8.30. The quantitative estimate of drug-likeness (QED) is 0.182. The van der Waals surface area contributed by atoms with Crippen molar-refractivity contribution in [2.24, 2.45) is 0 Å². The summed E-state index contributed by atoms with van der Waals surface area (Å²) in [5, 5.41) is 10.00. The van der Waals surface area contributed by atoms with Crippen molar-refractivity contribution in [1.29, 1.82) is 0 Å². The van der Waals surface area contributed by atoms with Crippen LogP contribution in [0.1, 0.15) is 44.7 Å². The van der Waals surface area contributed by atoms with E-state index in [-0.39, 0.29) is 30.6 Å². The van der Waals surface area contributed by atoms with Gasteiger partial charge in [-0.2, -0.15) is 0 Å². The lowest BCUT2D eigenvalue weighted by atomic mass is 10.0. The maximum atomic E-state index is 13.6. The van der Waals surface area contributed by atoms with Crippen LogP contribution in [0.5, 0.6) is 0 Å². The lowest BCUT2D eigenvalue weighted by Gasteiger charge is -2.29. The summed E-state index contributed by atoms with van der Waals surface area (Å²) in [6, 6.07) is 14.2. The van der Waals surface area contributed by atoms with E-state index < -0.39 is 23.1 Å². The second-order valence-electron chi connectivity index (χ2n) is 12.0. The minimum absolute atomic E-state index is 0.0757. The van der Waals surface area contributed by atoms with E-state index in [1.54, 1.807) is 30.5 Å². The number of carbonyl (C=O) groups is 2. The highest BCUT2D eigenvalue weighted by Crippen LogP contribution is 2.24. The number of hydrogen-bond acceptors (Lipinski definition) is 8. The van der Waals surface area contributed by atoms with Gasteiger partial charge >= 0.3 is 0 Å². The number of amides is 2. The molecule has 1 aliphatic rings. The molecule has 0 radical (unpaired) electrons. The van der Waals surface area contributed by atoms with Crippen molar-refractivity contribution in [1.82, 2.24) is 35.1 Å². The number of anilines is 2. The summed E-state index contributed by atoms with van der Waals surface area (Å²) < 4.78 is 28.0. The number of carbonyl (C=O) groups excluding carboxylic acids is 2. The number of halogens is 3. The Morgan fingerprint density at radius 3 is 2.58 bits per heavy atom. The number of hydrogen-bond donors (Lipinski definition) is 3. The van der Waals surface area contributed by atoms with E-state index in [2.05, 4.69) is 42.8 Å². The van der Waals surface area contributed by atoms with Gasteiger partial charge in [0.15, 0.2) is 11.6 Å². The number of likely N-dealkylation sites (tertiary alicyclic amines) is 1. The zero-order valence-electron chi connectivity index (χ0n) is 27.0. The summed E-state index contributed by atoms with van der Waals surface area (Å²) in [5.41, 5.74) is 2.15. The van der Waals surface area contributed by atoms with Gasteiger partial charge in [-0.3, -0.25) is 19.0 Å². The van der Waals surface area contributed by atoms with Gasteiger partial charge in [0.2, 0.25) is 5.95 Å². The average molecular weight is 699 g/mol. The smallest absolute Gasteiger partial charge is 0.266 e. The Bertz CT molecular complexity index is 2150. The third kappa shape index (κ3) is 8.36. The van der Waals surface area contributed by atoms with Gasteiger partial charge in [-0.05, 0) is 86.6 Å². The van der Waals surface area contributed by atoms with E-state index in [1.807, 2.05) is 24.3 Å². The van der Waals surface area contributed by atoms with Gasteiger partial charge in [-0.1, -0.05) is 35.9 Å². The molecule has 11 nitrogen and oxygen atoms in total. The molecule has 3 N–H and O–H groups in total. The van der Waals surface area contributed by atoms with Gasteiger partial charge in [0, 0.05) is 36.1 Å². The van der Waals surface area contributed by atoms with Crippen LogP contribution < -0.4 is 21.5 Å². The zero-order valence-corrected chi connectivity index (χ0v) is 27.8. The van der Waals surface area contributed by atoms with Crippen LogP contribution in [-0.4, -0.2) is 69.0 Å². The summed E-state index contributed by atoms with van der Waals surface area (Å²) >= 11 is 6.48. The van der Waals surface area contributed by atoms with Crippen molar-refractivity contribution in [3.8, 4) is 0 Å². The lowest BCUT2D eigenvalue weighted by Crippen LogP contribution is -2.43. The van der Waals surface area contributed by atoms with Gasteiger partial charge in [0.25, 0.3) is 17.4 Å². The van der Waals surface area contributed by atoms with Crippen LogP contribution in [0.4, 0.5) is 20.4 Å². The molecule has 0 saturated carbocycles. The van der Waals surface area contributed by atoms with Gasteiger partial charge < -0.3 is 20.9 Å². The standard InChI is InChI=1S/C36H33ClF2N8O3/c1-46-13-10-25(11-14-46)43-34(49)27-7-6-26(17-29(27)37)44-36-42-18-24-15-22(5-9-32(24)45-36)3-2-12-41-33(48)28-19-40-21-47(35(28)50)20-23-4-8-30(38)31(39)16-23/h2-9,15-19,21,25H,10-14,20H2,1H3,(H,41,48)(H,43,49)(H,42,44,45)/b3-2+. The minimum atomic E-state index is -1.03. The molecule has 0 atom stereocenters.